The van der Waals surface area contributed by atoms with Crippen LogP contribution in [0.2, 0.25) is 0 Å². The van der Waals surface area contributed by atoms with E-state index in [-0.39, 0.29) is 17.9 Å². The van der Waals surface area contributed by atoms with Crippen LogP contribution in [0.15, 0.2) is 18.3 Å². The molecule has 0 atom stereocenters. The molecule has 4 heteroatoms. The molecule has 0 aromatic carbocycles. The van der Waals surface area contributed by atoms with E-state index in [1.807, 2.05) is 0 Å². The van der Waals surface area contributed by atoms with Crippen molar-refractivity contribution in [2.75, 3.05) is 6.54 Å². The molecular weight excluding hydrogens is 240 g/mol. The molecule has 1 aromatic heterocycles. The lowest BCUT2D eigenvalue weighted by atomic mass is 9.67. The van der Waals surface area contributed by atoms with Crippen LogP contribution < -0.4 is 5.32 Å². The summed E-state index contributed by atoms with van der Waals surface area (Å²) < 4.78 is 0. The zero-order chi connectivity index (χ0) is 13.9. The van der Waals surface area contributed by atoms with Crippen LogP contribution in [0.5, 0.6) is 0 Å². The third-order valence-electron chi connectivity index (χ3n) is 4.16. The molecule has 1 aromatic rings. The van der Waals surface area contributed by atoms with E-state index in [0.717, 1.165) is 5.92 Å². The topological polar surface area (TPSA) is 62.2 Å². The van der Waals surface area contributed by atoms with E-state index in [1.54, 1.807) is 18.3 Å². The molecule has 4 nitrogen and oxygen atoms in total. The minimum absolute atomic E-state index is 0.0931. The largest absolute Gasteiger partial charge is 0.390 e. The molecule has 19 heavy (non-hydrogen) atoms. The number of hydrogen-bond acceptors (Lipinski definition) is 3. The molecule has 0 aliphatic heterocycles. The predicted octanol–water partition coefficient (Wildman–Crippen LogP) is 2.13. The Labute approximate surface area is 114 Å². The number of aromatic nitrogens is 1. The van der Waals surface area contributed by atoms with Gasteiger partial charge in [0.15, 0.2) is 0 Å². The number of rotatable bonds is 5. The zero-order valence-corrected chi connectivity index (χ0v) is 11.6. The summed E-state index contributed by atoms with van der Waals surface area (Å²) in [5.41, 5.74) is 1.23. The molecule has 1 fully saturated rings. The van der Waals surface area contributed by atoms with Gasteiger partial charge < -0.3 is 10.4 Å². The molecule has 1 saturated carbocycles. The van der Waals surface area contributed by atoms with Crippen molar-refractivity contribution in [3.05, 3.63) is 29.6 Å². The fourth-order valence-electron chi connectivity index (χ4n) is 2.45. The van der Waals surface area contributed by atoms with Gasteiger partial charge in [0, 0.05) is 18.3 Å². The van der Waals surface area contributed by atoms with Crippen LogP contribution in [-0.2, 0) is 6.61 Å². The van der Waals surface area contributed by atoms with E-state index in [4.69, 9.17) is 5.11 Å². The van der Waals surface area contributed by atoms with Gasteiger partial charge in [0.25, 0.3) is 5.91 Å². The van der Waals surface area contributed by atoms with E-state index in [2.05, 4.69) is 24.1 Å². The Balaban J connectivity index is 1.93. The van der Waals surface area contributed by atoms with Gasteiger partial charge in [-0.25, -0.2) is 0 Å². The van der Waals surface area contributed by atoms with Crippen molar-refractivity contribution >= 4 is 5.91 Å². The van der Waals surface area contributed by atoms with Crippen LogP contribution in [0.4, 0.5) is 0 Å². The first-order valence-electron chi connectivity index (χ1n) is 6.87. The SMILES string of the molecule is CC(C)(CNC(=O)c1ccnc(CO)c1)C1CCC1. The van der Waals surface area contributed by atoms with Gasteiger partial charge in [0.05, 0.1) is 12.3 Å². The van der Waals surface area contributed by atoms with Crippen molar-refractivity contribution in [1.82, 2.24) is 10.3 Å². The second-order valence-corrected chi connectivity index (χ2v) is 5.99. The monoisotopic (exact) mass is 262 g/mol. The summed E-state index contributed by atoms with van der Waals surface area (Å²) in [5.74, 6) is 0.628. The van der Waals surface area contributed by atoms with E-state index in [9.17, 15) is 4.79 Å². The highest BCUT2D eigenvalue weighted by Gasteiger charge is 2.33. The van der Waals surface area contributed by atoms with Gasteiger partial charge in [0.2, 0.25) is 0 Å². The standard InChI is InChI=1S/C15H22N2O2/c1-15(2,12-4-3-5-12)10-17-14(19)11-6-7-16-13(8-11)9-18/h6-8,12,18H,3-5,9-10H2,1-2H3,(H,17,19). The number of nitrogens with one attached hydrogen (secondary N) is 1. The fraction of sp³-hybridized carbons (Fsp3) is 0.600. The van der Waals surface area contributed by atoms with Gasteiger partial charge in [-0.1, -0.05) is 20.3 Å². The number of aliphatic hydroxyl groups excluding tert-OH is 1. The molecule has 104 valence electrons. The molecular formula is C15H22N2O2. The minimum Gasteiger partial charge on any atom is -0.390 e. The molecule has 2 rings (SSSR count). The molecule has 0 bridgehead atoms. The third kappa shape index (κ3) is 3.32. The van der Waals surface area contributed by atoms with Crippen LogP contribution in [-0.4, -0.2) is 22.5 Å². The molecule has 2 N–H and O–H groups in total. The molecule has 1 amide bonds. The minimum atomic E-state index is -0.144. The summed E-state index contributed by atoms with van der Waals surface area (Å²) in [6.07, 6.45) is 5.41. The lowest BCUT2D eigenvalue weighted by Gasteiger charge is -2.40. The Kier molecular flexibility index (Phi) is 4.20. The third-order valence-corrected chi connectivity index (χ3v) is 4.16. The Morgan fingerprint density at radius 2 is 2.26 bits per heavy atom. The van der Waals surface area contributed by atoms with Crippen molar-refractivity contribution in [2.24, 2.45) is 11.3 Å². The van der Waals surface area contributed by atoms with Crippen molar-refractivity contribution in [2.45, 2.75) is 39.7 Å². The lowest BCUT2D eigenvalue weighted by Crippen LogP contribution is -2.41. The smallest absolute Gasteiger partial charge is 0.251 e. The van der Waals surface area contributed by atoms with Crippen molar-refractivity contribution in [3.8, 4) is 0 Å². The van der Waals surface area contributed by atoms with E-state index < -0.39 is 0 Å². The van der Waals surface area contributed by atoms with Gasteiger partial charge in [0.1, 0.15) is 0 Å². The number of aliphatic hydroxyl groups is 1. The maximum absolute atomic E-state index is 12.1. The number of amides is 1. The van der Waals surface area contributed by atoms with Gasteiger partial charge >= 0.3 is 0 Å². The second-order valence-electron chi connectivity index (χ2n) is 5.99. The van der Waals surface area contributed by atoms with Crippen LogP contribution in [0.3, 0.4) is 0 Å². The number of hydrogen-bond donors (Lipinski definition) is 2. The van der Waals surface area contributed by atoms with Gasteiger partial charge in [-0.3, -0.25) is 9.78 Å². The molecule has 0 radical (unpaired) electrons. The molecule has 1 aliphatic carbocycles. The van der Waals surface area contributed by atoms with Crippen molar-refractivity contribution in [3.63, 3.8) is 0 Å². The van der Waals surface area contributed by atoms with E-state index in [0.29, 0.717) is 17.8 Å². The highest BCUT2D eigenvalue weighted by Crippen LogP contribution is 2.41. The first-order valence-corrected chi connectivity index (χ1v) is 6.87. The van der Waals surface area contributed by atoms with E-state index in [1.165, 1.54) is 19.3 Å². The van der Waals surface area contributed by atoms with Crippen LogP contribution in [0.1, 0.15) is 49.2 Å². The molecule has 0 spiro atoms. The Bertz CT molecular complexity index is 453. The molecule has 1 aliphatic rings. The lowest BCUT2D eigenvalue weighted by molar-refractivity contribution is 0.0858. The molecule has 0 saturated heterocycles. The first kappa shape index (κ1) is 14.0. The summed E-state index contributed by atoms with van der Waals surface area (Å²) >= 11 is 0. The van der Waals surface area contributed by atoms with Crippen LogP contribution in [0, 0.1) is 11.3 Å². The van der Waals surface area contributed by atoms with Crippen molar-refractivity contribution in [1.29, 1.82) is 0 Å². The maximum Gasteiger partial charge on any atom is 0.251 e. The summed E-state index contributed by atoms with van der Waals surface area (Å²) in [7, 11) is 0. The number of pyridine rings is 1. The summed E-state index contributed by atoms with van der Waals surface area (Å²) in [6, 6.07) is 3.30. The predicted molar refractivity (Wildman–Crippen MR) is 73.6 cm³/mol. The highest BCUT2D eigenvalue weighted by molar-refractivity contribution is 5.94. The maximum atomic E-state index is 12.1. The normalized spacial score (nSPS) is 15.9. The Morgan fingerprint density at radius 1 is 1.53 bits per heavy atom. The van der Waals surface area contributed by atoms with Crippen LogP contribution >= 0.6 is 0 Å². The van der Waals surface area contributed by atoms with Crippen molar-refractivity contribution < 1.29 is 9.90 Å². The van der Waals surface area contributed by atoms with Crippen LogP contribution in [0.25, 0.3) is 0 Å². The number of nitrogens with zero attached hydrogens (tertiary/aromatic N) is 1. The summed E-state index contributed by atoms with van der Waals surface area (Å²) in [4.78, 5) is 16.0. The summed E-state index contributed by atoms with van der Waals surface area (Å²) in [5, 5.41) is 12.0. The second kappa shape index (κ2) is 5.70. The Morgan fingerprint density at radius 3 is 2.84 bits per heavy atom. The van der Waals surface area contributed by atoms with Gasteiger partial charge in [-0.05, 0) is 36.3 Å². The average Bonchev–Trinajstić information content (AvgIpc) is 2.33. The summed E-state index contributed by atoms with van der Waals surface area (Å²) in [6.45, 7) is 4.97. The number of carbonyl (C=O) groups is 1. The zero-order valence-electron chi connectivity index (χ0n) is 11.6. The first-order chi connectivity index (χ1) is 9.03. The molecule has 1 heterocycles. The highest BCUT2D eigenvalue weighted by atomic mass is 16.3. The number of carbonyl (C=O) groups excluding carboxylic acids is 1. The Hall–Kier alpha value is -1.42. The van der Waals surface area contributed by atoms with E-state index >= 15 is 0 Å². The fourth-order valence-corrected chi connectivity index (χ4v) is 2.45. The van der Waals surface area contributed by atoms with Gasteiger partial charge in [-0.15, -0.1) is 0 Å². The molecule has 0 unspecified atom stereocenters. The van der Waals surface area contributed by atoms with Gasteiger partial charge in [-0.2, -0.15) is 0 Å². The quantitative estimate of drug-likeness (QED) is 0.854. The average molecular weight is 262 g/mol.